The van der Waals surface area contributed by atoms with Crippen LogP contribution in [0.1, 0.15) is 17.0 Å². The summed E-state index contributed by atoms with van der Waals surface area (Å²) in [5, 5.41) is 8.84. The second kappa shape index (κ2) is 8.43. The molecule has 2 aromatic heterocycles. The van der Waals surface area contributed by atoms with E-state index in [2.05, 4.69) is 15.4 Å². The van der Waals surface area contributed by atoms with Crippen LogP contribution in [-0.4, -0.2) is 45.5 Å². The van der Waals surface area contributed by atoms with Crippen molar-refractivity contribution >= 4 is 39.9 Å². The number of hydrogen-bond donors (Lipinski definition) is 1. The number of para-hydroxylation sites is 1. The van der Waals surface area contributed by atoms with Gasteiger partial charge in [-0.3, -0.25) is 4.79 Å². The number of carbonyl (C=O) groups is 1. The summed E-state index contributed by atoms with van der Waals surface area (Å²) in [5.41, 5.74) is 4.24. The third kappa shape index (κ3) is 4.00. The van der Waals surface area contributed by atoms with Crippen LogP contribution < -0.4 is 14.8 Å². The van der Waals surface area contributed by atoms with E-state index in [-0.39, 0.29) is 11.7 Å². The number of thioether (sulfide) groups is 1. The van der Waals surface area contributed by atoms with E-state index < -0.39 is 0 Å². The first-order valence-corrected chi connectivity index (χ1v) is 10.7. The molecular weight excluding hydrogens is 414 g/mol. The molecule has 0 aliphatic heterocycles. The molecule has 9 heteroatoms. The first-order chi connectivity index (χ1) is 14.9. The highest BCUT2D eigenvalue weighted by Crippen LogP contribution is 2.34. The van der Waals surface area contributed by atoms with E-state index in [1.165, 1.54) is 11.8 Å². The van der Waals surface area contributed by atoms with Crippen LogP contribution in [0.15, 0.2) is 35.5 Å². The number of carbonyl (C=O) groups excluding carboxylic acids is 1. The molecule has 0 atom stereocenters. The number of nitrogens with one attached hydrogen (secondary N) is 1. The Bertz CT molecular complexity index is 1280. The van der Waals surface area contributed by atoms with Gasteiger partial charge in [0.25, 0.3) is 0 Å². The van der Waals surface area contributed by atoms with Crippen LogP contribution >= 0.6 is 11.8 Å². The summed E-state index contributed by atoms with van der Waals surface area (Å²) in [6.07, 6.45) is 0. The van der Waals surface area contributed by atoms with Gasteiger partial charge in [-0.15, -0.1) is 5.10 Å². The molecule has 1 amide bonds. The van der Waals surface area contributed by atoms with Gasteiger partial charge < -0.3 is 14.8 Å². The second-order valence-corrected chi connectivity index (χ2v) is 8.06. The molecule has 0 aliphatic carbocycles. The summed E-state index contributed by atoms with van der Waals surface area (Å²) in [6.45, 7) is 5.77. The van der Waals surface area contributed by atoms with Gasteiger partial charge in [-0.2, -0.15) is 4.52 Å². The summed E-state index contributed by atoms with van der Waals surface area (Å²) in [7, 11) is 3.17. The van der Waals surface area contributed by atoms with Crippen LogP contribution in [0.4, 0.5) is 5.69 Å². The Kier molecular flexibility index (Phi) is 5.69. The van der Waals surface area contributed by atoms with Crippen LogP contribution in [0.3, 0.4) is 0 Å². The van der Waals surface area contributed by atoms with E-state index in [0.29, 0.717) is 33.6 Å². The number of aryl methyl sites for hydroxylation is 3. The minimum absolute atomic E-state index is 0.110. The van der Waals surface area contributed by atoms with E-state index in [9.17, 15) is 4.79 Å². The number of nitrogens with zero attached hydrogens (tertiary/aromatic N) is 4. The van der Waals surface area contributed by atoms with E-state index in [1.807, 2.05) is 45.0 Å². The fourth-order valence-electron chi connectivity index (χ4n) is 3.42. The van der Waals surface area contributed by atoms with Crippen LogP contribution in [0.2, 0.25) is 0 Å². The third-order valence-corrected chi connectivity index (χ3v) is 5.86. The quantitative estimate of drug-likeness (QED) is 0.361. The normalized spacial score (nSPS) is 11.1. The zero-order valence-electron chi connectivity index (χ0n) is 18.0. The number of anilines is 1. The highest BCUT2D eigenvalue weighted by atomic mass is 32.2. The van der Waals surface area contributed by atoms with Crippen LogP contribution in [0, 0.1) is 20.8 Å². The molecule has 0 radical (unpaired) electrons. The smallest absolute Gasteiger partial charge is 0.234 e. The molecule has 0 spiro atoms. The molecule has 0 bridgehead atoms. The Morgan fingerprint density at radius 3 is 2.42 bits per heavy atom. The van der Waals surface area contributed by atoms with Crippen molar-refractivity contribution in [3.63, 3.8) is 0 Å². The lowest BCUT2D eigenvalue weighted by Gasteiger charge is -2.12. The average Bonchev–Trinajstić information content (AvgIpc) is 3.15. The summed E-state index contributed by atoms with van der Waals surface area (Å²) < 4.78 is 12.5. The molecule has 0 aliphatic rings. The Morgan fingerprint density at radius 1 is 1.06 bits per heavy atom. The molecule has 0 unspecified atom stereocenters. The van der Waals surface area contributed by atoms with E-state index in [4.69, 9.17) is 14.5 Å². The topological polar surface area (TPSA) is 90.6 Å². The van der Waals surface area contributed by atoms with Gasteiger partial charge in [0.05, 0.1) is 25.5 Å². The first kappa shape index (κ1) is 20.9. The van der Waals surface area contributed by atoms with Crippen molar-refractivity contribution in [3.05, 3.63) is 47.3 Å². The highest BCUT2D eigenvalue weighted by molar-refractivity contribution is 7.99. The number of hydrogen-bond acceptors (Lipinski definition) is 7. The number of aromatic nitrogens is 4. The van der Waals surface area contributed by atoms with Gasteiger partial charge in [-0.1, -0.05) is 30.0 Å². The number of benzene rings is 2. The summed E-state index contributed by atoms with van der Waals surface area (Å²) in [4.78, 5) is 21.9. The number of ether oxygens (including phenoxy) is 2. The number of methoxy groups -OCH3 is 2. The van der Waals surface area contributed by atoms with Gasteiger partial charge in [0.15, 0.2) is 22.3 Å². The summed E-state index contributed by atoms with van der Waals surface area (Å²) in [5.74, 6) is 1.86. The first-order valence-electron chi connectivity index (χ1n) is 9.69. The fraction of sp³-hybridized carbons (Fsp3) is 0.273. The average molecular weight is 438 g/mol. The van der Waals surface area contributed by atoms with Crippen molar-refractivity contribution in [2.24, 2.45) is 0 Å². The maximum absolute atomic E-state index is 12.6. The molecule has 2 aromatic carbocycles. The van der Waals surface area contributed by atoms with Crippen molar-refractivity contribution < 1.29 is 14.3 Å². The van der Waals surface area contributed by atoms with Crippen molar-refractivity contribution in [2.75, 3.05) is 25.3 Å². The molecule has 4 rings (SSSR count). The zero-order valence-corrected chi connectivity index (χ0v) is 18.8. The Morgan fingerprint density at radius 2 is 1.74 bits per heavy atom. The monoisotopic (exact) mass is 437 g/mol. The Hall–Kier alpha value is -3.33. The van der Waals surface area contributed by atoms with Gasteiger partial charge >= 0.3 is 0 Å². The lowest BCUT2D eigenvalue weighted by atomic mass is 10.1. The zero-order chi connectivity index (χ0) is 22.1. The second-order valence-electron chi connectivity index (χ2n) is 7.12. The number of amides is 1. The summed E-state index contributed by atoms with van der Waals surface area (Å²) >= 11 is 1.31. The third-order valence-electron chi connectivity index (χ3n) is 4.93. The molecule has 4 aromatic rings. The molecule has 2 heterocycles. The fourth-order valence-corrected chi connectivity index (χ4v) is 4.17. The minimum atomic E-state index is -0.110. The molecule has 31 heavy (non-hydrogen) atoms. The Labute approximate surface area is 184 Å². The maximum Gasteiger partial charge on any atom is 0.234 e. The van der Waals surface area contributed by atoms with Crippen molar-refractivity contribution in [1.29, 1.82) is 0 Å². The highest BCUT2D eigenvalue weighted by Gasteiger charge is 2.17. The van der Waals surface area contributed by atoms with E-state index in [1.54, 1.807) is 24.8 Å². The molecule has 0 saturated heterocycles. The van der Waals surface area contributed by atoms with Crippen molar-refractivity contribution in [1.82, 2.24) is 19.6 Å². The molecule has 0 fully saturated rings. The van der Waals surface area contributed by atoms with Crippen molar-refractivity contribution in [3.8, 4) is 11.5 Å². The van der Waals surface area contributed by atoms with E-state index in [0.717, 1.165) is 22.2 Å². The van der Waals surface area contributed by atoms with Gasteiger partial charge in [-0.05, 0) is 38.0 Å². The predicted octanol–water partition coefficient (Wildman–Crippen LogP) is 3.95. The van der Waals surface area contributed by atoms with Gasteiger partial charge in [0.1, 0.15) is 5.82 Å². The molecule has 8 nitrogen and oxygen atoms in total. The number of rotatable bonds is 6. The van der Waals surface area contributed by atoms with Gasteiger partial charge in [0, 0.05) is 17.1 Å². The molecule has 0 saturated carbocycles. The molecular formula is C22H23N5O3S. The largest absolute Gasteiger partial charge is 0.493 e. The molecule has 160 valence electrons. The van der Waals surface area contributed by atoms with Crippen LogP contribution in [0.25, 0.3) is 16.6 Å². The minimum Gasteiger partial charge on any atom is -0.493 e. The molecule has 1 N–H and O–H groups in total. The van der Waals surface area contributed by atoms with Gasteiger partial charge in [0.2, 0.25) is 5.91 Å². The van der Waals surface area contributed by atoms with Crippen molar-refractivity contribution in [2.45, 2.75) is 25.9 Å². The Balaban J connectivity index is 1.67. The maximum atomic E-state index is 12.6. The standard InChI is InChI=1S/C22H23N5O3S/c1-12-7-6-8-13(2)20(12)25-19(28)11-31-22-24-16-10-18(30-5)17(29-4)9-15(16)21-23-14(3)26-27(21)22/h6-10H,11H2,1-5H3,(H,25,28). The van der Waals surface area contributed by atoms with Gasteiger partial charge in [-0.25, -0.2) is 9.97 Å². The van der Waals surface area contributed by atoms with Crippen LogP contribution in [0.5, 0.6) is 11.5 Å². The predicted molar refractivity (Wildman–Crippen MR) is 121 cm³/mol. The summed E-state index contributed by atoms with van der Waals surface area (Å²) in [6, 6.07) is 9.57. The number of fused-ring (bicyclic) bond motifs is 3. The van der Waals surface area contributed by atoms with Crippen LogP contribution in [-0.2, 0) is 4.79 Å². The lowest BCUT2D eigenvalue weighted by Crippen LogP contribution is -2.16. The lowest BCUT2D eigenvalue weighted by molar-refractivity contribution is -0.113. The van der Waals surface area contributed by atoms with E-state index >= 15 is 0 Å². The SMILES string of the molecule is COc1cc2nc(SCC(=O)Nc3c(C)cccc3C)n3nc(C)nc3c2cc1OC.